The van der Waals surface area contributed by atoms with E-state index in [1.807, 2.05) is 0 Å². The van der Waals surface area contributed by atoms with Crippen molar-refractivity contribution in [2.75, 3.05) is 12.5 Å². The van der Waals surface area contributed by atoms with Crippen LogP contribution in [0.1, 0.15) is 36.8 Å². The van der Waals surface area contributed by atoms with Gasteiger partial charge in [-0.3, -0.25) is 9.00 Å². The lowest BCUT2D eigenvalue weighted by atomic mass is 10.1. The van der Waals surface area contributed by atoms with E-state index in [0.29, 0.717) is 16.9 Å². The van der Waals surface area contributed by atoms with Crippen molar-refractivity contribution in [3.63, 3.8) is 0 Å². The molecule has 1 heterocycles. The summed E-state index contributed by atoms with van der Waals surface area (Å²) in [5.74, 6) is -0.0663. The van der Waals surface area contributed by atoms with E-state index in [2.05, 4.69) is 5.32 Å². The van der Waals surface area contributed by atoms with Crippen LogP contribution in [-0.2, 0) is 32.7 Å². The van der Waals surface area contributed by atoms with Crippen LogP contribution < -0.4 is 10.1 Å². The first-order chi connectivity index (χ1) is 11.1. The lowest BCUT2D eigenvalue weighted by Crippen LogP contribution is -2.35. The third kappa shape index (κ3) is 4.29. The summed E-state index contributed by atoms with van der Waals surface area (Å²) in [6, 6.07) is 2.88. The molecule has 1 aromatic carbocycles. The molecule has 1 atom stereocenters. The number of benzene rings is 1. The molecule has 1 fully saturated rings. The maximum absolute atomic E-state index is 13.6. The number of ether oxygens (including phenoxy) is 2. The Kier molecular flexibility index (Phi) is 5.27. The fourth-order valence-electron chi connectivity index (χ4n) is 3.07. The number of halogens is 1. The van der Waals surface area contributed by atoms with Gasteiger partial charge < -0.3 is 14.8 Å². The molecule has 0 spiro atoms. The van der Waals surface area contributed by atoms with Crippen LogP contribution in [0.3, 0.4) is 0 Å². The molecule has 1 saturated carbocycles. The van der Waals surface area contributed by atoms with Gasteiger partial charge in [-0.25, -0.2) is 4.39 Å². The number of carbonyl (C=O) groups excluding carboxylic acids is 1. The van der Waals surface area contributed by atoms with Crippen LogP contribution in [0.5, 0.6) is 5.75 Å². The van der Waals surface area contributed by atoms with Crippen molar-refractivity contribution in [2.45, 2.75) is 44.1 Å². The van der Waals surface area contributed by atoms with E-state index in [4.69, 9.17) is 9.47 Å². The highest BCUT2D eigenvalue weighted by Crippen LogP contribution is 2.30. The lowest BCUT2D eigenvalue weighted by molar-refractivity contribution is -0.119. The number of carbonyl (C=O) groups is 1. The topological polar surface area (TPSA) is 64.6 Å². The third-order valence-corrected chi connectivity index (χ3v) is 5.30. The number of nitrogens with one attached hydrogen (secondary N) is 1. The Balaban J connectivity index is 1.61. The van der Waals surface area contributed by atoms with E-state index in [0.717, 1.165) is 25.7 Å². The van der Waals surface area contributed by atoms with E-state index in [9.17, 15) is 13.4 Å². The summed E-state index contributed by atoms with van der Waals surface area (Å²) < 4.78 is 36.4. The van der Waals surface area contributed by atoms with Crippen LogP contribution in [0, 0.1) is 5.82 Å². The first kappa shape index (κ1) is 16.4. The molecule has 5 nitrogen and oxygen atoms in total. The molecule has 7 heteroatoms. The second kappa shape index (κ2) is 7.40. The predicted molar refractivity (Wildman–Crippen MR) is 83.8 cm³/mol. The third-order valence-electron chi connectivity index (χ3n) is 4.08. The van der Waals surface area contributed by atoms with Gasteiger partial charge in [0.15, 0.2) is 6.79 Å². The summed E-state index contributed by atoms with van der Waals surface area (Å²) in [4.78, 5) is 11.9. The number of amides is 1. The summed E-state index contributed by atoms with van der Waals surface area (Å²) in [6.07, 6.45) is 4.24. The van der Waals surface area contributed by atoms with Crippen LogP contribution in [0.2, 0.25) is 0 Å². The summed E-state index contributed by atoms with van der Waals surface area (Å²) >= 11 is 0. The molecule has 1 N–H and O–H groups in total. The molecule has 0 saturated heterocycles. The summed E-state index contributed by atoms with van der Waals surface area (Å²) in [5, 5.41) is 2.91. The fraction of sp³-hybridized carbons (Fsp3) is 0.562. The Hall–Kier alpha value is -1.47. The average Bonchev–Trinajstić information content (AvgIpc) is 2.99. The molecule has 23 heavy (non-hydrogen) atoms. The van der Waals surface area contributed by atoms with E-state index in [1.165, 1.54) is 12.1 Å². The molecular weight excluding hydrogens is 321 g/mol. The zero-order valence-electron chi connectivity index (χ0n) is 12.8. The van der Waals surface area contributed by atoms with Gasteiger partial charge in [-0.2, -0.15) is 0 Å². The minimum atomic E-state index is -1.41. The monoisotopic (exact) mass is 341 g/mol. The number of rotatable bonds is 5. The van der Waals surface area contributed by atoms with Crippen molar-refractivity contribution in [1.82, 2.24) is 5.32 Å². The summed E-state index contributed by atoms with van der Waals surface area (Å²) in [6.45, 7) is 0.370. The molecule has 0 bridgehead atoms. The molecule has 1 aromatic rings. The Morgan fingerprint density at radius 1 is 1.35 bits per heavy atom. The van der Waals surface area contributed by atoms with Gasteiger partial charge in [0, 0.05) is 28.0 Å². The SMILES string of the molecule is O=C(CS(=O)Cc1cc(F)cc2c1OCOC2)NC1CCCC1. The highest BCUT2D eigenvalue weighted by atomic mass is 32.2. The van der Waals surface area contributed by atoms with Crippen molar-refractivity contribution >= 4 is 16.7 Å². The minimum Gasteiger partial charge on any atom is -0.467 e. The van der Waals surface area contributed by atoms with E-state index in [-0.39, 0.29) is 36.9 Å². The molecule has 1 amide bonds. The molecule has 0 radical (unpaired) electrons. The lowest BCUT2D eigenvalue weighted by Gasteiger charge is -2.20. The van der Waals surface area contributed by atoms with Gasteiger partial charge in [0.25, 0.3) is 0 Å². The van der Waals surface area contributed by atoms with E-state index < -0.39 is 16.6 Å². The molecule has 0 aromatic heterocycles. The highest BCUT2D eigenvalue weighted by Gasteiger charge is 2.21. The van der Waals surface area contributed by atoms with E-state index >= 15 is 0 Å². The van der Waals surface area contributed by atoms with Crippen LogP contribution in [0.15, 0.2) is 12.1 Å². The predicted octanol–water partition coefficient (Wildman–Crippen LogP) is 2.00. The van der Waals surface area contributed by atoms with Crippen LogP contribution in [-0.4, -0.2) is 28.7 Å². The van der Waals surface area contributed by atoms with Gasteiger partial charge in [-0.05, 0) is 25.0 Å². The molecule has 3 rings (SSSR count). The number of fused-ring (bicyclic) bond motifs is 1. The molecular formula is C16H20FNO4S. The second-order valence-electron chi connectivity index (χ2n) is 5.94. The Bertz CT molecular complexity index is 616. The van der Waals surface area contributed by atoms with E-state index in [1.54, 1.807) is 0 Å². The molecule has 1 aliphatic carbocycles. The Morgan fingerprint density at radius 3 is 2.91 bits per heavy atom. The normalized spacial score (nSPS) is 19.0. The second-order valence-corrected chi connectivity index (χ2v) is 7.40. The van der Waals surface area contributed by atoms with Crippen molar-refractivity contribution in [3.8, 4) is 5.75 Å². The van der Waals surface area contributed by atoms with Gasteiger partial charge in [0.2, 0.25) is 5.91 Å². The highest BCUT2D eigenvalue weighted by molar-refractivity contribution is 7.84. The zero-order chi connectivity index (χ0) is 16.2. The Labute approximate surface area is 137 Å². The van der Waals surface area contributed by atoms with Gasteiger partial charge >= 0.3 is 0 Å². The zero-order valence-corrected chi connectivity index (χ0v) is 13.6. The maximum atomic E-state index is 13.6. The average molecular weight is 341 g/mol. The Morgan fingerprint density at radius 2 is 2.13 bits per heavy atom. The minimum absolute atomic E-state index is 0.0711. The largest absolute Gasteiger partial charge is 0.467 e. The maximum Gasteiger partial charge on any atom is 0.232 e. The van der Waals surface area contributed by atoms with Crippen LogP contribution in [0.25, 0.3) is 0 Å². The quantitative estimate of drug-likeness (QED) is 0.890. The number of hydrogen-bond acceptors (Lipinski definition) is 4. The molecule has 2 aliphatic rings. The van der Waals surface area contributed by atoms with Crippen molar-refractivity contribution in [3.05, 3.63) is 29.1 Å². The molecule has 126 valence electrons. The summed E-state index contributed by atoms with van der Waals surface area (Å²) in [7, 11) is -1.41. The smallest absolute Gasteiger partial charge is 0.232 e. The van der Waals surface area contributed by atoms with Gasteiger partial charge in [-0.1, -0.05) is 12.8 Å². The van der Waals surface area contributed by atoms with Gasteiger partial charge in [0.05, 0.1) is 12.4 Å². The van der Waals surface area contributed by atoms with Crippen molar-refractivity contribution in [2.24, 2.45) is 0 Å². The van der Waals surface area contributed by atoms with Gasteiger partial charge in [0.1, 0.15) is 17.3 Å². The van der Waals surface area contributed by atoms with Crippen LogP contribution in [0.4, 0.5) is 4.39 Å². The van der Waals surface area contributed by atoms with Crippen molar-refractivity contribution in [1.29, 1.82) is 0 Å². The fourth-order valence-corrected chi connectivity index (χ4v) is 4.11. The van der Waals surface area contributed by atoms with Gasteiger partial charge in [-0.15, -0.1) is 0 Å². The van der Waals surface area contributed by atoms with Crippen molar-refractivity contribution < 1.29 is 22.9 Å². The first-order valence-corrected chi connectivity index (χ1v) is 9.27. The standard InChI is InChI=1S/C16H20FNO4S/c17-13-5-11-7-21-10-22-16(11)12(6-13)8-23(20)9-15(19)18-14-3-1-2-4-14/h5-6,14H,1-4,7-10H2,(H,18,19). The molecule has 1 unspecified atom stereocenters. The molecule has 1 aliphatic heterocycles. The number of hydrogen-bond donors (Lipinski definition) is 1. The summed E-state index contributed by atoms with van der Waals surface area (Å²) in [5.41, 5.74) is 1.13. The van der Waals surface area contributed by atoms with Crippen LogP contribution >= 0.6 is 0 Å². The first-order valence-electron chi connectivity index (χ1n) is 7.78.